The third kappa shape index (κ3) is 7.29. The standard InChI is InChI=1S/C31H36N2O6/c1-21(2)20-38-31(36)33-19-28(34)29(27(33)17-22-13-15-25(37-3)16-14-22)39-30(35)32-18-24-11-7-8-12-26(24)23-9-5-4-6-10-23/h4-16,21,27-29,34H,17-20H2,1-3H3,(H,32,35)/t27-,28+,29+/m1/s1. The molecular formula is C31H36N2O6. The Kier molecular flexibility index (Phi) is 9.44. The third-order valence-electron chi connectivity index (χ3n) is 6.69. The van der Waals surface area contributed by atoms with Crippen molar-refractivity contribution < 1.29 is 28.9 Å². The van der Waals surface area contributed by atoms with Gasteiger partial charge in [-0.3, -0.25) is 4.90 Å². The summed E-state index contributed by atoms with van der Waals surface area (Å²) >= 11 is 0. The second kappa shape index (κ2) is 13.2. The summed E-state index contributed by atoms with van der Waals surface area (Å²) in [6.45, 7) is 4.41. The Morgan fingerprint density at radius 3 is 2.38 bits per heavy atom. The molecule has 1 aliphatic rings. The van der Waals surface area contributed by atoms with Crippen molar-refractivity contribution in [2.75, 3.05) is 20.3 Å². The zero-order valence-electron chi connectivity index (χ0n) is 22.6. The maximum Gasteiger partial charge on any atom is 0.410 e. The summed E-state index contributed by atoms with van der Waals surface area (Å²) in [5.74, 6) is 0.875. The van der Waals surface area contributed by atoms with E-state index in [9.17, 15) is 14.7 Å². The molecule has 0 aromatic heterocycles. The quantitative estimate of drug-likeness (QED) is 0.401. The van der Waals surface area contributed by atoms with Gasteiger partial charge in [0.25, 0.3) is 0 Å². The number of aliphatic hydroxyl groups excluding tert-OH is 1. The summed E-state index contributed by atoms with van der Waals surface area (Å²) in [6.07, 6.45) is -2.82. The number of amides is 2. The van der Waals surface area contributed by atoms with E-state index in [-0.39, 0.29) is 25.6 Å². The second-order valence-corrected chi connectivity index (χ2v) is 10.1. The highest BCUT2D eigenvalue weighted by Gasteiger charge is 2.46. The molecule has 3 aromatic carbocycles. The number of benzene rings is 3. The van der Waals surface area contributed by atoms with Crippen molar-refractivity contribution >= 4 is 12.2 Å². The predicted molar refractivity (Wildman–Crippen MR) is 148 cm³/mol. The highest BCUT2D eigenvalue weighted by Crippen LogP contribution is 2.27. The minimum atomic E-state index is -1.05. The average molecular weight is 533 g/mol. The van der Waals surface area contributed by atoms with Gasteiger partial charge in [-0.05, 0) is 46.7 Å². The number of ether oxygens (including phenoxy) is 3. The molecule has 3 atom stereocenters. The number of hydrogen-bond acceptors (Lipinski definition) is 6. The van der Waals surface area contributed by atoms with Gasteiger partial charge in [-0.25, -0.2) is 9.59 Å². The number of rotatable bonds is 9. The fourth-order valence-corrected chi connectivity index (χ4v) is 4.70. The molecule has 0 aliphatic carbocycles. The van der Waals surface area contributed by atoms with E-state index in [4.69, 9.17) is 14.2 Å². The van der Waals surface area contributed by atoms with Crippen molar-refractivity contribution in [3.05, 3.63) is 90.0 Å². The first-order valence-electron chi connectivity index (χ1n) is 13.2. The van der Waals surface area contributed by atoms with E-state index in [0.717, 1.165) is 22.3 Å². The Morgan fingerprint density at radius 1 is 1.00 bits per heavy atom. The molecule has 2 amide bonds. The van der Waals surface area contributed by atoms with Gasteiger partial charge in [-0.2, -0.15) is 0 Å². The average Bonchev–Trinajstić information content (AvgIpc) is 3.25. The zero-order chi connectivity index (χ0) is 27.8. The van der Waals surface area contributed by atoms with Gasteiger partial charge in [-0.1, -0.05) is 80.6 Å². The summed E-state index contributed by atoms with van der Waals surface area (Å²) in [7, 11) is 1.59. The minimum absolute atomic E-state index is 0.00649. The summed E-state index contributed by atoms with van der Waals surface area (Å²) in [6, 6.07) is 24.6. The monoisotopic (exact) mass is 532 g/mol. The maximum atomic E-state index is 12.9. The van der Waals surface area contributed by atoms with E-state index in [2.05, 4.69) is 5.32 Å². The smallest absolute Gasteiger partial charge is 0.410 e. The van der Waals surface area contributed by atoms with Crippen LogP contribution >= 0.6 is 0 Å². The number of likely N-dealkylation sites (tertiary alicyclic amines) is 1. The number of aliphatic hydroxyl groups is 1. The van der Waals surface area contributed by atoms with Crippen molar-refractivity contribution in [3.8, 4) is 16.9 Å². The molecule has 1 saturated heterocycles. The van der Waals surface area contributed by atoms with Crippen molar-refractivity contribution in [2.24, 2.45) is 5.92 Å². The van der Waals surface area contributed by atoms with Crippen LogP contribution < -0.4 is 10.1 Å². The van der Waals surface area contributed by atoms with Crippen LogP contribution in [0.3, 0.4) is 0 Å². The van der Waals surface area contributed by atoms with Crippen LogP contribution in [-0.4, -0.2) is 60.7 Å². The van der Waals surface area contributed by atoms with Crippen molar-refractivity contribution in [2.45, 2.75) is 45.1 Å². The zero-order valence-corrected chi connectivity index (χ0v) is 22.6. The molecule has 8 heteroatoms. The number of nitrogens with zero attached hydrogens (tertiary/aromatic N) is 1. The molecule has 0 spiro atoms. The van der Waals surface area contributed by atoms with Crippen molar-refractivity contribution in [1.29, 1.82) is 0 Å². The van der Waals surface area contributed by atoms with E-state index in [0.29, 0.717) is 12.2 Å². The van der Waals surface area contributed by atoms with Crippen LogP contribution in [0.4, 0.5) is 9.59 Å². The molecule has 0 bridgehead atoms. The number of alkyl carbamates (subject to hydrolysis) is 1. The van der Waals surface area contributed by atoms with E-state index >= 15 is 0 Å². The summed E-state index contributed by atoms with van der Waals surface area (Å²) < 4.78 is 16.4. The Morgan fingerprint density at radius 2 is 1.69 bits per heavy atom. The third-order valence-corrected chi connectivity index (χ3v) is 6.69. The fourth-order valence-electron chi connectivity index (χ4n) is 4.70. The van der Waals surface area contributed by atoms with Gasteiger partial charge < -0.3 is 24.6 Å². The van der Waals surface area contributed by atoms with Gasteiger partial charge in [0.1, 0.15) is 11.9 Å². The lowest BCUT2D eigenvalue weighted by Gasteiger charge is -2.28. The lowest BCUT2D eigenvalue weighted by molar-refractivity contribution is 0.0148. The summed E-state index contributed by atoms with van der Waals surface area (Å²) in [5, 5.41) is 13.7. The molecule has 0 unspecified atom stereocenters. The minimum Gasteiger partial charge on any atom is -0.497 e. The number of carbonyl (C=O) groups excluding carboxylic acids is 2. The van der Waals surface area contributed by atoms with Crippen molar-refractivity contribution in [3.63, 3.8) is 0 Å². The predicted octanol–water partition coefficient (Wildman–Crippen LogP) is 5.04. The first kappa shape index (κ1) is 28.0. The van der Waals surface area contributed by atoms with Crippen LogP contribution in [0.5, 0.6) is 5.75 Å². The maximum absolute atomic E-state index is 12.9. The van der Waals surface area contributed by atoms with E-state index < -0.39 is 30.4 Å². The van der Waals surface area contributed by atoms with Crippen LogP contribution in [0.15, 0.2) is 78.9 Å². The van der Waals surface area contributed by atoms with E-state index in [1.807, 2.05) is 92.7 Å². The lowest BCUT2D eigenvalue weighted by Crippen LogP contribution is -2.44. The number of methoxy groups -OCH3 is 1. The Labute approximate surface area is 229 Å². The van der Waals surface area contributed by atoms with Crippen LogP contribution in [0, 0.1) is 5.92 Å². The fraction of sp³-hybridized carbons (Fsp3) is 0.355. The molecule has 1 fully saturated rings. The molecule has 0 saturated carbocycles. The molecule has 1 aliphatic heterocycles. The largest absolute Gasteiger partial charge is 0.497 e. The molecule has 4 rings (SSSR count). The summed E-state index contributed by atoms with van der Waals surface area (Å²) in [4.78, 5) is 27.3. The number of β-amino-alcohol motifs (C(OH)–C–C–N with tert-alkyl or cyclic N) is 1. The second-order valence-electron chi connectivity index (χ2n) is 10.1. The Balaban J connectivity index is 1.47. The summed E-state index contributed by atoms with van der Waals surface area (Å²) in [5.41, 5.74) is 3.89. The number of nitrogens with one attached hydrogen (secondary N) is 1. The molecule has 3 aromatic rings. The van der Waals surface area contributed by atoms with Crippen LogP contribution in [-0.2, 0) is 22.4 Å². The number of hydrogen-bond donors (Lipinski definition) is 2. The number of carbonyl (C=O) groups is 2. The Hall–Kier alpha value is -4.04. The van der Waals surface area contributed by atoms with E-state index in [1.54, 1.807) is 7.11 Å². The van der Waals surface area contributed by atoms with Gasteiger partial charge >= 0.3 is 12.2 Å². The lowest BCUT2D eigenvalue weighted by atomic mass is 10.00. The van der Waals surface area contributed by atoms with Gasteiger partial charge in [-0.15, -0.1) is 0 Å². The highest BCUT2D eigenvalue weighted by molar-refractivity contribution is 5.71. The van der Waals surface area contributed by atoms with Gasteiger partial charge in [0.2, 0.25) is 0 Å². The molecule has 0 radical (unpaired) electrons. The first-order valence-corrected chi connectivity index (χ1v) is 13.2. The van der Waals surface area contributed by atoms with Gasteiger partial charge in [0, 0.05) is 6.54 Å². The van der Waals surface area contributed by atoms with Gasteiger partial charge in [0.05, 0.1) is 26.3 Å². The van der Waals surface area contributed by atoms with Crippen LogP contribution in [0.2, 0.25) is 0 Å². The highest BCUT2D eigenvalue weighted by atomic mass is 16.6. The van der Waals surface area contributed by atoms with Crippen LogP contribution in [0.1, 0.15) is 25.0 Å². The topological polar surface area (TPSA) is 97.3 Å². The molecule has 1 heterocycles. The normalized spacial score (nSPS) is 18.6. The van der Waals surface area contributed by atoms with Crippen molar-refractivity contribution in [1.82, 2.24) is 10.2 Å². The molecule has 2 N–H and O–H groups in total. The molecular weight excluding hydrogens is 496 g/mol. The SMILES string of the molecule is COc1ccc(C[C@@H]2[C@H](OC(=O)NCc3ccccc3-c3ccccc3)[C@@H](O)CN2C(=O)OCC(C)C)cc1. The molecule has 8 nitrogen and oxygen atoms in total. The van der Waals surface area contributed by atoms with Crippen LogP contribution in [0.25, 0.3) is 11.1 Å². The molecule has 206 valence electrons. The van der Waals surface area contributed by atoms with E-state index in [1.165, 1.54) is 4.90 Å². The molecule has 39 heavy (non-hydrogen) atoms. The van der Waals surface area contributed by atoms with Gasteiger partial charge in [0.15, 0.2) is 6.10 Å². The Bertz CT molecular complexity index is 1230. The first-order chi connectivity index (χ1) is 18.9.